The number of hydrogen-bond donors (Lipinski definition) is 1. The molecular weight excluding hydrogens is 316 g/mol. The Morgan fingerprint density at radius 1 is 1.28 bits per heavy atom. The van der Waals surface area contributed by atoms with Crippen LogP contribution in [-0.4, -0.2) is 47.2 Å². The SMILES string of the molecule is COCCn1cncc1CN1CCC2(CC1)C(=O)Nc1ccccc12. The number of nitrogens with one attached hydrogen (secondary N) is 1. The molecule has 1 fully saturated rings. The number of fused-ring (bicyclic) bond motifs is 2. The maximum absolute atomic E-state index is 12.6. The van der Waals surface area contributed by atoms with Gasteiger partial charge < -0.3 is 14.6 Å². The zero-order valence-electron chi connectivity index (χ0n) is 14.6. The van der Waals surface area contributed by atoms with Gasteiger partial charge in [0.25, 0.3) is 0 Å². The van der Waals surface area contributed by atoms with Gasteiger partial charge in [-0.25, -0.2) is 4.98 Å². The smallest absolute Gasteiger partial charge is 0.235 e. The van der Waals surface area contributed by atoms with Gasteiger partial charge in [-0.1, -0.05) is 18.2 Å². The molecule has 6 heteroatoms. The van der Waals surface area contributed by atoms with Crippen molar-refractivity contribution in [1.29, 1.82) is 0 Å². The van der Waals surface area contributed by atoms with Crippen LogP contribution >= 0.6 is 0 Å². The first-order valence-electron chi connectivity index (χ1n) is 8.84. The Bertz CT molecular complexity index is 762. The van der Waals surface area contributed by atoms with Gasteiger partial charge in [-0.2, -0.15) is 0 Å². The Balaban J connectivity index is 1.44. The highest BCUT2D eigenvalue weighted by Gasteiger charge is 2.48. The third-order valence-corrected chi connectivity index (χ3v) is 5.56. The summed E-state index contributed by atoms with van der Waals surface area (Å²) in [5.41, 5.74) is 3.01. The standard InChI is InChI=1S/C19H24N4O2/c1-25-11-10-23-14-20-12-15(23)13-22-8-6-19(7-9-22)16-4-2-3-5-17(16)21-18(19)24/h2-5,12,14H,6-11,13H2,1H3,(H,21,24). The van der Waals surface area contributed by atoms with Crippen LogP contribution in [0.2, 0.25) is 0 Å². The number of rotatable bonds is 5. The first-order chi connectivity index (χ1) is 12.2. The van der Waals surface area contributed by atoms with Crippen molar-refractivity contribution in [2.45, 2.75) is 31.3 Å². The van der Waals surface area contributed by atoms with E-state index in [4.69, 9.17) is 4.74 Å². The highest BCUT2D eigenvalue weighted by Crippen LogP contribution is 2.44. The first kappa shape index (κ1) is 16.3. The summed E-state index contributed by atoms with van der Waals surface area (Å²) in [5.74, 6) is 0.165. The summed E-state index contributed by atoms with van der Waals surface area (Å²) in [6.07, 6.45) is 5.52. The van der Waals surface area contributed by atoms with E-state index in [0.29, 0.717) is 6.61 Å². The monoisotopic (exact) mass is 340 g/mol. The summed E-state index contributed by atoms with van der Waals surface area (Å²) >= 11 is 0. The molecule has 0 unspecified atom stereocenters. The molecule has 6 nitrogen and oxygen atoms in total. The summed E-state index contributed by atoms with van der Waals surface area (Å²) in [6.45, 7) is 4.19. The molecule has 2 aliphatic rings. The molecule has 0 bridgehead atoms. The van der Waals surface area contributed by atoms with Crippen molar-refractivity contribution in [3.8, 4) is 0 Å². The summed E-state index contributed by atoms with van der Waals surface area (Å²) in [7, 11) is 1.71. The third kappa shape index (κ3) is 2.85. The quantitative estimate of drug-likeness (QED) is 0.905. The zero-order valence-corrected chi connectivity index (χ0v) is 14.6. The lowest BCUT2D eigenvalue weighted by molar-refractivity contribution is -0.122. The number of carbonyl (C=O) groups excluding carboxylic acids is 1. The molecule has 0 aliphatic carbocycles. The van der Waals surface area contributed by atoms with E-state index in [9.17, 15) is 4.79 Å². The number of piperidine rings is 1. The van der Waals surface area contributed by atoms with Crippen molar-refractivity contribution in [3.05, 3.63) is 48.0 Å². The summed E-state index contributed by atoms with van der Waals surface area (Å²) in [5, 5.41) is 3.07. The molecule has 0 radical (unpaired) electrons. The number of carbonyl (C=O) groups is 1. The number of benzene rings is 1. The van der Waals surface area contributed by atoms with Crippen LogP contribution in [0.25, 0.3) is 0 Å². The van der Waals surface area contributed by atoms with Gasteiger partial charge in [0.15, 0.2) is 0 Å². The van der Waals surface area contributed by atoms with Gasteiger partial charge in [-0.3, -0.25) is 9.69 Å². The minimum absolute atomic E-state index is 0.165. The molecule has 3 heterocycles. The maximum atomic E-state index is 12.6. The van der Waals surface area contributed by atoms with E-state index in [0.717, 1.165) is 44.7 Å². The Hall–Kier alpha value is -2.18. The Labute approximate surface area is 147 Å². The average molecular weight is 340 g/mol. The lowest BCUT2D eigenvalue weighted by Gasteiger charge is -2.38. The molecule has 1 aromatic heterocycles. The first-order valence-corrected chi connectivity index (χ1v) is 8.84. The van der Waals surface area contributed by atoms with E-state index in [2.05, 4.69) is 25.8 Å². The Kier molecular flexibility index (Phi) is 4.31. The fraction of sp³-hybridized carbons (Fsp3) is 0.474. The molecule has 1 saturated heterocycles. The van der Waals surface area contributed by atoms with Crippen LogP contribution in [0.3, 0.4) is 0 Å². The van der Waals surface area contributed by atoms with Crippen LogP contribution in [0.5, 0.6) is 0 Å². The second-order valence-electron chi connectivity index (χ2n) is 6.93. The van der Waals surface area contributed by atoms with Gasteiger partial charge in [0.05, 0.1) is 24.0 Å². The lowest BCUT2D eigenvalue weighted by atomic mass is 9.73. The molecule has 0 atom stereocenters. The lowest BCUT2D eigenvalue weighted by Crippen LogP contribution is -2.46. The van der Waals surface area contributed by atoms with Crippen molar-refractivity contribution < 1.29 is 9.53 Å². The van der Waals surface area contributed by atoms with Gasteiger partial charge in [0, 0.05) is 32.1 Å². The van der Waals surface area contributed by atoms with Crippen LogP contribution in [0, 0.1) is 0 Å². The summed E-state index contributed by atoms with van der Waals surface area (Å²) < 4.78 is 7.31. The number of imidazole rings is 1. The molecule has 2 aliphatic heterocycles. The average Bonchev–Trinajstić information content (AvgIpc) is 3.18. The predicted molar refractivity (Wildman–Crippen MR) is 95.4 cm³/mol. The topological polar surface area (TPSA) is 59.4 Å². The summed E-state index contributed by atoms with van der Waals surface area (Å²) in [4.78, 5) is 19.3. The van der Waals surface area contributed by atoms with Crippen LogP contribution in [-0.2, 0) is 28.0 Å². The number of nitrogens with zero attached hydrogens (tertiary/aromatic N) is 3. The van der Waals surface area contributed by atoms with Crippen molar-refractivity contribution in [1.82, 2.24) is 14.5 Å². The molecule has 1 spiro atoms. The molecule has 2 aromatic rings. The van der Waals surface area contributed by atoms with E-state index >= 15 is 0 Å². The van der Waals surface area contributed by atoms with Crippen LogP contribution in [0.15, 0.2) is 36.8 Å². The number of anilines is 1. The molecule has 1 amide bonds. The normalized spacial score (nSPS) is 19.2. The predicted octanol–water partition coefficient (Wildman–Crippen LogP) is 2.02. The largest absolute Gasteiger partial charge is 0.383 e. The van der Waals surface area contributed by atoms with E-state index in [1.165, 1.54) is 11.3 Å². The van der Waals surface area contributed by atoms with Crippen molar-refractivity contribution in [3.63, 3.8) is 0 Å². The molecule has 132 valence electrons. The van der Waals surface area contributed by atoms with Gasteiger partial charge in [-0.15, -0.1) is 0 Å². The number of ether oxygens (including phenoxy) is 1. The third-order valence-electron chi connectivity index (χ3n) is 5.56. The van der Waals surface area contributed by atoms with Gasteiger partial charge in [-0.05, 0) is 37.6 Å². The van der Waals surface area contributed by atoms with Crippen LogP contribution < -0.4 is 5.32 Å². The minimum Gasteiger partial charge on any atom is -0.383 e. The second kappa shape index (κ2) is 6.61. The second-order valence-corrected chi connectivity index (χ2v) is 6.93. The Morgan fingerprint density at radius 3 is 2.88 bits per heavy atom. The van der Waals surface area contributed by atoms with E-state index in [-0.39, 0.29) is 11.3 Å². The number of hydrogen-bond acceptors (Lipinski definition) is 4. The fourth-order valence-electron chi connectivity index (χ4n) is 4.06. The molecule has 25 heavy (non-hydrogen) atoms. The highest BCUT2D eigenvalue weighted by atomic mass is 16.5. The number of methoxy groups -OCH3 is 1. The summed E-state index contributed by atoms with van der Waals surface area (Å²) in [6, 6.07) is 8.11. The molecule has 4 rings (SSSR count). The minimum atomic E-state index is -0.344. The number of amides is 1. The van der Waals surface area contributed by atoms with Gasteiger partial charge in [0.2, 0.25) is 5.91 Å². The van der Waals surface area contributed by atoms with Gasteiger partial charge >= 0.3 is 0 Å². The number of likely N-dealkylation sites (tertiary alicyclic amines) is 1. The molecule has 1 N–H and O–H groups in total. The number of aromatic nitrogens is 2. The highest BCUT2D eigenvalue weighted by molar-refractivity contribution is 6.06. The van der Waals surface area contributed by atoms with Crippen molar-refractivity contribution >= 4 is 11.6 Å². The molecular formula is C19H24N4O2. The van der Waals surface area contributed by atoms with Crippen LogP contribution in [0.4, 0.5) is 5.69 Å². The van der Waals surface area contributed by atoms with Gasteiger partial charge in [0.1, 0.15) is 0 Å². The van der Waals surface area contributed by atoms with Crippen molar-refractivity contribution in [2.75, 3.05) is 32.1 Å². The Morgan fingerprint density at radius 2 is 2.08 bits per heavy atom. The number of para-hydroxylation sites is 1. The van der Waals surface area contributed by atoms with E-state index in [1.54, 1.807) is 7.11 Å². The molecule has 1 aromatic carbocycles. The zero-order chi connectivity index (χ0) is 17.3. The van der Waals surface area contributed by atoms with Crippen LogP contribution in [0.1, 0.15) is 24.1 Å². The van der Waals surface area contributed by atoms with E-state index < -0.39 is 0 Å². The molecule has 0 saturated carbocycles. The van der Waals surface area contributed by atoms with Crippen molar-refractivity contribution in [2.24, 2.45) is 0 Å². The van der Waals surface area contributed by atoms with E-state index in [1.807, 2.05) is 30.7 Å². The maximum Gasteiger partial charge on any atom is 0.235 e. The fourth-order valence-corrected chi connectivity index (χ4v) is 4.06.